The molecular formula is C24H26BrN3O3. The molecule has 4 rings (SSSR count). The summed E-state index contributed by atoms with van der Waals surface area (Å²) in [5.74, 6) is -0.404. The summed E-state index contributed by atoms with van der Waals surface area (Å²) in [6.07, 6.45) is 3.66. The van der Waals surface area contributed by atoms with Gasteiger partial charge in [-0.2, -0.15) is 0 Å². The number of furan rings is 1. The molecule has 6 nitrogen and oxygen atoms in total. The van der Waals surface area contributed by atoms with Gasteiger partial charge in [-0.1, -0.05) is 28.1 Å². The van der Waals surface area contributed by atoms with Gasteiger partial charge in [0.15, 0.2) is 0 Å². The van der Waals surface area contributed by atoms with Crippen molar-refractivity contribution in [1.82, 2.24) is 4.90 Å². The highest BCUT2D eigenvalue weighted by Crippen LogP contribution is 2.34. The molecule has 1 aliphatic rings. The van der Waals surface area contributed by atoms with Crippen LogP contribution in [0.5, 0.6) is 0 Å². The molecule has 0 spiro atoms. The maximum atomic E-state index is 13.1. The average molecular weight is 484 g/mol. The molecule has 1 heterocycles. The SMILES string of the molecule is CN(C)[C@H]1CC[C@H](C(=O)Nc2c(C(=O)Nc3ccc(Br)cc3)oc3ccccc23)CC1. The predicted molar refractivity (Wildman–Crippen MR) is 126 cm³/mol. The van der Waals surface area contributed by atoms with Crippen molar-refractivity contribution in [2.45, 2.75) is 31.7 Å². The van der Waals surface area contributed by atoms with Crippen LogP contribution in [-0.2, 0) is 4.79 Å². The molecule has 2 N–H and O–H groups in total. The first-order valence-corrected chi connectivity index (χ1v) is 11.3. The monoisotopic (exact) mass is 483 g/mol. The molecule has 0 unspecified atom stereocenters. The molecule has 162 valence electrons. The Morgan fingerprint density at radius 2 is 1.65 bits per heavy atom. The second-order valence-electron chi connectivity index (χ2n) is 8.22. The molecule has 1 aromatic heterocycles. The first-order valence-electron chi connectivity index (χ1n) is 10.5. The summed E-state index contributed by atoms with van der Waals surface area (Å²) in [6.45, 7) is 0. The number of anilines is 2. The molecule has 0 aliphatic heterocycles. The smallest absolute Gasteiger partial charge is 0.293 e. The van der Waals surface area contributed by atoms with Crippen molar-refractivity contribution in [2.75, 3.05) is 24.7 Å². The molecule has 2 aromatic carbocycles. The van der Waals surface area contributed by atoms with Gasteiger partial charge in [-0.25, -0.2) is 0 Å². The molecule has 0 saturated heterocycles. The molecule has 3 aromatic rings. The fourth-order valence-corrected chi connectivity index (χ4v) is 4.39. The topological polar surface area (TPSA) is 74.6 Å². The minimum Gasteiger partial charge on any atom is -0.449 e. The number of hydrogen-bond donors (Lipinski definition) is 2. The Morgan fingerprint density at radius 3 is 2.32 bits per heavy atom. The quantitative estimate of drug-likeness (QED) is 0.501. The zero-order valence-electron chi connectivity index (χ0n) is 17.7. The second-order valence-corrected chi connectivity index (χ2v) is 9.14. The number of carbonyl (C=O) groups excluding carboxylic acids is 2. The molecule has 2 amide bonds. The van der Waals surface area contributed by atoms with Crippen molar-refractivity contribution in [1.29, 1.82) is 0 Å². The van der Waals surface area contributed by atoms with Crippen molar-refractivity contribution in [3.63, 3.8) is 0 Å². The van der Waals surface area contributed by atoms with Gasteiger partial charge in [0.1, 0.15) is 11.3 Å². The van der Waals surface area contributed by atoms with E-state index in [1.165, 1.54) is 0 Å². The van der Waals surface area contributed by atoms with Crippen LogP contribution in [0.15, 0.2) is 57.4 Å². The number of benzene rings is 2. The molecule has 31 heavy (non-hydrogen) atoms. The van der Waals surface area contributed by atoms with Crippen LogP contribution < -0.4 is 10.6 Å². The maximum Gasteiger partial charge on any atom is 0.293 e. The third-order valence-corrected chi connectivity index (χ3v) is 6.48. The summed E-state index contributed by atoms with van der Waals surface area (Å²) in [6, 6.07) is 15.2. The molecule has 0 radical (unpaired) electrons. The first kappa shape index (κ1) is 21.6. The van der Waals surface area contributed by atoms with Crippen LogP contribution >= 0.6 is 15.9 Å². The predicted octanol–water partition coefficient (Wildman–Crippen LogP) is 5.51. The number of hydrogen-bond acceptors (Lipinski definition) is 4. The first-order chi connectivity index (χ1) is 14.9. The van der Waals surface area contributed by atoms with E-state index in [-0.39, 0.29) is 17.6 Å². The maximum absolute atomic E-state index is 13.1. The fraction of sp³-hybridized carbons (Fsp3) is 0.333. The highest BCUT2D eigenvalue weighted by Gasteiger charge is 2.29. The number of nitrogens with one attached hydrogen (secondary N) is 2. The summed E-state index contributed by atoms with van der Waals surface area (Å²) < 4.78 is 6.77. The molecule has 1 aliphatic carbocycles. The Balaban J connectivity index is 1.56. The van der Waals surface area contributed by atoms with Gasteiger partial charge in [0.25, 0.3) is 5.91 Å². The number of amides is 2. The number of nitrogens with zero attached hydrogens (tertiary/aromatic N) is 1. The van der Waals surface area contributed by atoms with E-state index >= 15 is 0 Å². The number of rotatable bonds is 5. The van der Waals surface area contributed by atoms with Crippen LogP contribution in [-0.4, -0.2) is 36.9 Å². The van der Waals surface area contributed by atoms with Crippen LogP contribution in [0.25, 0.3) is 11.0 Å². The van der Waals surface area contributed by atoms with E-state index in [1.807, 2.05) is 30.3 Å². The molecule has 1 fully saturated rings. The van der Waals surface area contributed by atoms with E-state index in [4.69, 9.17) is 4.42 Å². The summed E-state index contributed by atoms with van der Waals surface area (Å²) >= 11 is 3.39. The third-order valence-electron chi connectivity index (χ3n) is 5.95. The molecule has 7 heteroatoms. The lowest BCUT2D eigenvalue weighted by atomic mass is 9.85. The molecule has 0 atom stereocenters. The van der Waals surface area contributed by atoms with Gasteiger partial charge in [-0.15, -0.1) is 0 Å². The van der Waals surface area contributed by atoms with Gasteiger partial charge in [0, 0.05) is 27.5 Å². The van der Waals surface area contributed by atoms with Gasteiger partial charge in [0.2, 0.25) is 11.7 Å². The summed E-state index contributed by atoms with van der Waals surface area (Å²) in [4.78, 5) is 28.3. The van der Waals surface area contributed by atoms with E-state index in [1.54, 1.807) is 18.2 Å². The standard InChI is InChI=1S/C24H26BrN3O3/c1-28(2)18-13-7-15(8-14-18)23(29)27-21-19-5-3-4-6-20(19)31-22(21)24(30)26-17-11-9-16(25)10-12-17/h3-6,9-12,15,18H,7-8,13-14H2,1-2H3,(H,26,30)(H,27,29)/t15-,18-. The number of fused-ring (bicyclic) bond motifs is 1. The number of halogens is 1. The Kier molecular flexibility index (Phi) is 6.43. The van der Waals surface area contributed by atoms with Crippen molar-refractivity contribution >= 4 is 50.1 Å². The fourth-order valence-electron chi connectivity index (χ4n) is 4.13. The lowest BCUT2D eigenvalue weighted by Crippen LogP contribution is -2.35. The summed E-state index contributed by atoms with van der Waals surface area (Å²) in [5, 5.41) is 6.58. The van der Waals surface area contributed by atoms with E-state index in [0.717, 1.165) is 35.5 Å². The van der Waals surface area contributed by atoms with Crippen molar-refractivity contribution < 1.29 is 14.0 Å². The number of para-hydroxylation sites is 1. The lowest BCUT2D eigenvalue weighted by molar-refractivity contribution is -0.121. The van der Waals surface area contributed by atoms with Gasteiger partial charge >= 0.3 is 0 Å². The van der Waals surface area contributed by atoms with Crippen molar-refractivity contribution in [3.8, 4) is 0 Å². The Hall–Kier alpha value is -2.64. The Labute approximate surface area is 190 Å². The zero-order chi connectivity index (χ0) is 22.0. The lowest BCUT2D eigenvalue weighted by Gasteiger charge is -2.31. The average Bonchev–Trinajstić information content (AvgIpc) is 3.14. The van der Waals surface area contributed by atoms with Gasteiger partial charge in [0.05, 0.1) is 0 Å². The highest BCUT2D eigenvalue weighted by atomic mass is 79.9. The molecule has 0 bridgehead atoms. The van der Waals surface area contributed by atoms with Gasteiger partial charge < -0.3 is 20.0 Å². The normalized spacial score (nSPS) is 18.8. The molecular weight excluding hydrogens is 458 g/mol. The van der Waals surface area contributed by atoms with Crippen LogP contribution in [0.3, 0.4) is 0 Å². The largest absolute Gasteiger partial charge is 0.449 e. The van der Waals surface area contributed by atoms with Crippen molar-refractivity contribution in [3.05, 3.63) is 58.8 Å². The third kappa shape index (κ3) is 4.83. The van der Waals surface area contributed by atoms with E-state index in [9.17, 15) is 9.59 Å². The zero-order valence-corrected chi connectivity index (χ0v) is 19.2. The number of carbonyl (C=O) groups is 2. The van der Waals surface area contributed by atoms with Crippen molar-refractivity contribution in [2.24, 2.45) is 5.92 Å². The van der Waals surface area contributed by atoms with Crippen LogP contribution in [0, 0.1) is 5.92 Å². The minimum atomic E-state index is -0.398. The van der Waals surface area contributed by atoms with Crippen LogP contribution in [0.2, 0.25) is 0 Å². The Morgan fingerprint density at radius 1 is 0.968 bits per heavy atom. The van der Waals surface area contributed by atoms with Gasteiger partial charge in [-0.05, 0) is 76.2 Å². The van der Waals surface area contributed by atoms with Crippen LogP contribution in [0.4, 0.5) is 11.4 Å². The highest BCUT2D eigenvalue weighted by molar-refractivity contribution is 9.10. The Bertz CT molecular complexity index is 1080. The van der Waals surface area contributed by atoms with E-state index < -0.39 is 5.91 Å². The summed E-state index contributed by atoms with van der Waals surface area (Å²) in [5.41, 5.74) is 1.65. The van der Waals surface area contributed by atoms with E-state index in [0.29, 0.717) is 23.0 Å². The van der Waals surface area contributed by atoms with E-state index in [2.05, 4.69) is 45.6 Å². The summed E-state index contributed by atoms with van der Waals surface area (Å²) in [7, 11) is 4.16. The van der Waals surface area contributed by atoms with Gasteiger partial charge in [-0.3, -0.25) is 9.59 Å². The van der Waals surface area contributed by atoms with Crippen LogP contribution in [0.1, 0.15) is 36.2 Å². The second kappa shape index (κ2) is 9.24. The minimum absolute atomic E-state index is 0.0542. The molecule has 1 saturated carbocycles.